The van der Waals surface area contributed by atoms with Gasteiger partial charge in [0.1, 0.15) is 0 Å². The molecule has 1 aromatic carbocycles. The summed E-state index contributed by atoms with van der Waals surface area (Å²) in [6.07, 6.45) is 5.07. The molecule has 23 heavy (non-hydrogen) atoms. The van der Waals surface area contributed by atoms with Crippen molar-refractivity contribution in [3.63, 3.8) is 0 Å². The molecule has 7 heteroatoms. The number of benzene rings is 1. The number of carbonyl (C=O) groups excluding carboxylic acids is 1. The maximum atomic E-state index is 11.7. The van der Waals surface area contributed by atoms with Crippen LogP contribution in [0.15, 0.2) is 47.9 Å². The maximum absolute atomic E-state index is 11.7. The van der Waals surface area contributed by atoms with Gasteiger partial charge in [-0.1, -0.05) is 18.2 Å². The maximum Gasteiger partial charge on any atom is 0.244 e. The quantitative estimate of drug-likeness (QED) is 0.753. The van der Waals surface area contributed by atoms with E-state index in [1.807, 2.05) is 17.5 Å². The van der Waals surface area contributed by atoms with Crippen molar-refractivity contribution in [3.8, 4) is 0 Å². The summed E-state index contributed by atoms with van der Waals surface area (Å²) in [4.78, 5) is 13.0. The highest BCUT2D eigenvalue weighted by Crippen LogP contribution is 2.12. The number of rotatable bonds is 7. The molecule has 0 fully saturated rings. The summed E-state index contributed by atoms with van der Waals surface area (Å²) in [5, 5.41) is 4.84. The van der Waals surface area contributed by atoms with Crippen LogP contribution in [0.5, 0.6) is 0 Å². The third-order valence-corrected chi connectivity index (χ3v) is 4.43. The standard InChI is InChI=1S/C16H18N2O3S2/c1-23(20,21)18-14-7-4-13(5-8-14)6-9-16(19)17-11-10-15-3-2-12-22-15/h2-9,12,18H,10-11H2,1H3,(H,17,19)/b9-6+. The second kappa shape index (κ2) is 7.94. The van der Waals surface area contributed by atoms with Gasteiger partial charge in [-0.3, -0.25) is 9.52 Å². The van der Waals surface area contributed by atoms with Gasteiger partial charge < -0.3 is 5.32 Å². The van der Waals surface area contributed by atoms with Gasteiger partial charge in [-0.05, 0) is 41.6 Å². The SMILES string of the molecule is CS(=O)(=O)Nc1ccc(/C=C/C(=O)NCCc2cccs2)cc1. The summed E-state index contributed by atoms with van der Waals surface area (Å²) in [5.41, 5.74) is 1.31. The van der Waals surface area contributed by atoms with Crippen LogP contribution in [-0.2, 0) is 21.2 Å². The number of sulfonamides is 1. The zero-order chi connectivity index (χ0) is 16.7. The Morgan fingerprint density at radius 3 is 2.57 bits per heavy atom. The minimum absolute atomic E-state index is 0.153. The molecule has 0 saturated carbocycles. The average molecular weight is 350 g/mol. The molecule has 2 N–H and O–H groups in total. The summed E-state index contributed by atoms with van der Waals surface area (Å²) < 4.78 is 24.6. The first-order valence-corrected chi connectivity index (χ1v) is 9.76. The third kappa shape index (κ3) is 6.66. The molecule has 0 unspecified atom stereocenters. The lowest BCUT2D eigenvalue weighted by Crippen LogP contribution is -2.23. The molecule has 1 aromatic heterocycles. The molecule has 2 aromatic rings. The molecule has 0 aliphatic carbocycles. The van der Waals surface area contributed by atoms with Crippen LogP contribution >= 0.6 is 11.3 Å². The first-order chi connectivity index (χ1) is 10.9. The van der Waals surface area contributed by atoms with Gasteiger partial charge in [-0.2, -0.15) is 0 Å². The lowest BCUT2D eigenvalue weighted by atomic mass is 10.2. The molecule has 122 valence electrons. The molecule has 0 atom stereocenters. The van der Waals surface area contributed by atoms with Crippen LogP contribution < -0.4 is 10.0 Å². The predicted molar refractivity (Wildman–Crippen MR) is 95.0 cm³/mol. The first-order valence-electron chi connectivity index (χ1n) is 6.98. The van der Waals surface area contributed by atoms with Gasteiger partial charge in [0, 0.05) is 23.2 Å². The molecule has 0 spiro atoms. The third-order valence-electron chi connectivity index (χ3n) is 2.89. The van der Waals surface area contributed by atoms with Crippen molar-refractivity contribution in [2.45, 2.75) is 6.42 Å². The minimum atomic E-state index is -3.28. The molecular weight excluding hydrogens is 332 g/mol. The van der Waals surface area contributed by atoms with E-state index < -0.39 is 10.0 Å². The van der Waals surface area contributed by atoms with E-state index in [4.69, 9.17) is 0 Å². The number of thiophene rings is 1. The highest BCUT2D eigenvalue weighted by Gasteiger charge is 2.01. The van der Waals surface area contributed by atoms with Gasteiger partial charge in [0.25, 0.3) is 0 Å². The lowest BCUT2D eigenvalue weighted by molar-refractivity contribution is -0.116. The first kappa shape index (κ1) is 17.2. The van der Waals surface area contributed by atoms with Crippen molar-refractivity contribution in [1.82, 2.24) is 5.32 Å². The molecule has 5 nitrogen and oxygen atoms in total. The predicted octanol–water partition coefficient (Wildman–Crippen LogP) is 2.49. The highest BCUT2D eigenvalue weighted by molar-refractivity contribution is 7.92. The Morgan fingerprint density at radius 2 is 1.96 bits per heavy atom. The summed E-state index contributed by atoms with van der Waals surface area (Å²) >= 11 is 1.67. The van der Waals surface area contributed by atoms with Crippen molar-refractivity contribution >= 4 is 39.0 Å². The summed E-state index contributed by atoms with van der Waals surface area (Å²) in [5.74, 6) is -0.153. The largest absolute Gasteiger partial charge is 0.352 e. The van der Waals surface area contributed by atoms with Crippen LogP contribution in [0.3, 0.4) is 0 Å². The zero-order valence-electron chi connectivity index (χ0n) is 12.7. The van der Waals surface area contributed by atoms with Gasteiger partial charge in [-0.25, -0.2) is 8.42 Å². The van der Waals surface area contributed by atoms with Crippen molar-refractivity contribution in [1.29, 1.82) is 0 Å². The van der Waals surface area contributed by atoms with Gasteiger partial charge in [0.15, 0.2) is 0 Å². The topological polar surface area (TPSA) is 75.3 Å². The smallest absolute Gasteiger partial charge is 0.244 e. The van der Waals surface area contributed by atoms with E-state index in [0.717, 1.165) is 18.2 Å². The Morgan fingerprint density at radius 1 is 1.22 bits per heavy atom. The molecule has 0 bridgehead atoms. The fourth-order valence-corrected chi connectivity index (χ4v) is 3.14. The lowest BCUT2D eigenvalue weighted by Gasteiger charge is -2.03. The van der Waals surface area contributed by atoms with Crippen LogP contribution in [0.25, 0.3) is 6.08 Å². The van der Waals surface area contributed by atoms with E-state index in [1.165, 1.54) is 11.0 Å². The molecule has 1 amide bonds. The van der Waals surface area contributed by atoms with Crippen molar-refractivity contribution < 1.29 is 13.2 Å². The van der Waals surface area contributed by atoms with Crippen LogP contribution in [0.2, 0.25) is 0 Å². The highest BCUT2D eigenvalue weighted by atomic mass is 32.2. The molecule has 0 saturated heterocycles. The number of anilines is 1. The number of amides is 1. The Labute approximate surface area is 140 Å². The summed E-state index contributed by atoms with van der Waals surface area (Å²) in [6, 6.07) is 10.8. The van der Waals surface area contributed by atoms with Crippen molar-refractivity contribution in [2.75, 3.05) is 17.5 Å². The Balaban J connectivity index is 1.81. The zero-order valence-corrected chi connectivity index (χ0v) is 14.3. The normalized spacial score (nSPS) is 11.5. The van der Waals surface area contributed by atoms with E-state index in [1.54, 1.807) is 41.7 Å². The van der Waals surface area contributed by atoms with Gasteiger partial charge in [0.05, 0.1) is 6.26 Å². The Bertz CT molecular complexity index is 764. The van der Waals surface area contributed by atoms with Crippen LogP contribution in [0, 0.1) is 0 Å². The fraction of sp³-hybridized carbons (Fsp3) is 0.188. The Hall–Kier alpha value is -2.12. The number of hydrogen-bond donors (Lipinski definition) is 2. The second-order valence-corrected chi connectivity index (χ2v) is 7.73. The number of nitrogens with one attached hydrogen (secondary N) is 2. The fourth-order valence-electron chi connectivity index (χ4n) is 1.87. The van der Waals surface area contributed by atoms with Crippen LogP contribution in [0.1, 0.15) is 10.4 Å². The van der Waals surface area contributed by atoms with Crippen LogP contribution in [-0.4, -0.2) is 27.1 Å². The monoisotopic (exact) mass is 350 g/mol. The van der Waals surface area contributed by atoms with E-state index in [9.17, 15) is 13.2 Å². The molecular formula is C16H18N2O3S2. The van der Waals surface area contributed by atoms with E-state index in [-0.39, 0.29) is 5.91 Å². The number of carbonyl (C=O) groups is 1. The second-order valence-electron chi connectivity index (χ2n) is 4.95. The van der Waals surface area contributed by atoms with Gasteiger partial charge in [-0.15, -0.1) is 11.3 Å². The van der Waals surface area contributed by atoms with Crippen LogP contribution in [0.4, 0.5) is 5.69 Å². The summed E-state index contributed by atoms with van der Waals surface area (Å²) in [6.45, 7) is 0.598. The van der Waals surface area contributed by atoms with Crippen molar-refractivity contribution in [3.05, 3.63) is 58.3 Å². The van der Waals surface area contributed by atoms with Gasteiger partial charge >= 0.3 is 0 Å². The van der Waals surface area contributed by atoms with E-state index in [0.29, 0.717) is 12.2 Å². The molecule has 1 heterocycles. The summed E-state index contributed by atoms with van der Waals surface area (Å²) in [7, 11) is -3.28. The Kier molecular flexibility index (Phi) is 5.95. The molecule has 0 aliphatic rings. The van der Waals surface area contributed by atoms with Crippen molar-refractivity contribution in [2.24, 2.45) is 0 Å². The minimum Gasteiger partial charge on any atom is -0.352 e. The van der Waals surface area contributed by atoms with E-state index >= 15 is 0 Å². The van der Waals surface area contributed by atoms with Gasteiger partial charge in [0.2, 0.25) is 15.9 Å². The van der Waals surface area contributed by atoms with E-state index in [2.05, 4.69) is 10.0 Å². The average Bonchev–Trinajstić information content (AvgIpc) is 2.98. The molecule has 0 radical (unpaired) electrons. The molecule has 2 rings (SSSR count). The molecule has 0 aliphatic heterocycles. The number of hydrogen-bond acceptors (Lipinski definition) is 4.